The molecular formula is C20H31N3O4. The molecule has 3 N–H and O–H groups in total. The highest BCUT2D eigenvalue weighted by atomic mass is 16.5. The number of rotatable bonds is 5. The summed E-state index contributed by atoms with van der Waals surface area (Å²) < 4.78 is 4.97. The number of aromatic nitrogens is 1. The van der Waals surface area contributed by atoms with Gasteiger partial charge in [-0.05, 0) is 43.9 Å². The smallest absolute Gasteiger partial charge is 0.274 e. The molecule has 2 rings (SSSR count). The zero-order chi connectivity index (χ0) is 20.2. The van der Waals surface area contributed by atoms with Crippen molar-refractivity contribution < 1.29 is 19.4 Å². The molecule has 0 unspecified atom stereocenters. The summed E-state index contributed by atoms with van der Waals surface area (Å²) in [6.45, 7) is 8.40. The molecule has 1 fully saturated rings. The second-order valence-electron chi connectivity index (χ2n) is 8.33. The standard InChI is InChI=1S/C20H31N3O4/c1-12(22-19(26)16-17(24)15(27-5)10-11-21-16)18(25)23-14-8-6-13(7-9-14)20(2,3)4/h10-14,24H,6-9H2,1-5H3,(H,22,26)(H,23,25)/t12-,13?,14?/m0/s1. The van der Waals surface area contributed by atoms with Crippen molar-refractivity contribution in [2.45, 2.75) is 65.5 Å². The minimum atomic E-state index is -0.731. The lowest BCUT2D eigenvalue weighted by Crippen LogP contribution is -2.49. The van der Waals surface area contributed by atoms with Gasteiger partial charge in [-0.1, -0.05) is 20.8 Å². The molecule has 7 nitrogen and oxygen atoms in total. The van der Waals surface area contributed by atoms with Crippen molar-refractivity contribution in [3.63, 3.8) is 0 Å². The zero-order valence-corrected chi connectivity index (χ0v) is 16.8. The first-order valence-corrected chi connectivity index (χ1v) is 9.46. The highest BCUT2D eigenvalue weighted by molar-refractivity contribution is 5.98. The Kier molecular flexibility index (Phi) is 6.68. The fourth-order valence-electron chi connectivity index (χ4n) is 3.53. The number of amides is 2. The number of ether oxygens (including phenoxy) is 1. The summed E-state index contributed by atoms with van der Waals surface area (Å²) in [5, 5.41) is 15.6. The number of hydrogen-bond donors (Lipinski definition) is 3. The maximum Gasteiger partial charge on any atom is 0.274 e. The van der Waals surface area contributed by atoms with Gasteiger partial charge < -0.3 is 20.5 Å². The Labute approximate surface area is 160 Å². The number of nitrogens with zero attached hydrogens (tertiary/aromatic N) is 1. The van der Waals surface area contributed by atoms with E-state index >= 15 is 0 Å². The third-order valence-electron chi connectivity index (χ3n) is 5.36. The molecular weight excluding hydrogens is 346 g/mol. The largest absolute Gasteiger partial charge is 0.503 e. The first-order chi connectivity index (χ1) is 12.6. The Morgan fingerprint density at radius 3 is 2.44 bits per heavy atom. The van der Waals surface area contributed by atoms with Gasteiger partial charge in [0.05, 0.1) is 7.11 Å². The van der Waals surface area contributed by atoms with Crippen LogP contribution in [-0.2, 0) is 4.79 Å². The van der Waals surface area contributed by atoms with Gasteiger partial charge in [0.25, 0.3) is 5.91 Å². The molecule has 0 radical (unpaired) electrons. The van der Waals surface area contributed by atoms with Crippen molar-refractivity contribution >= 4 is 11.8 Å². The maximum atomic E-state index is 12.4. The molecule has 1 saturated carbocycles. The quantitative estimate of drug-likeness (QED) is 0.732. The SMILES string of the molecule is COc1ccnc(C(=O)N[C@@H](C)C(=O)NC2CCC(C(C)(C)C)CC2)c1O. The van der Waals surface area contributed by atoms with Crippen LogP contribution in [0.1, 0.15) is 63.9 Å². The van der Waals surface area contributed by atoms with Crippen LogP contribution in [0.15, 0.2) is 12.3 Å². The summed E-state index contributed by atoms with van der Waals surface area (Å²) in [6, 6.07) is 0.861. The first kappa shape index (κ1) is 21.0. The van der Waals surface area contributed by atoms with E-state index in [-0.39, 0.29) is 29.1 Å². The summed E-state index contributed by atoms with van der Waals surface area (Å²) in [5.74, 6) is -0.367. The van der Waals surface area contributed by atoms with Crippen LogP contribution >= 0.6 is 0 Å². The van der Waals surface area contributed by atoms with Gasteiger partial charge >= 0.3 is 0 Å². The number of hydrogen-bond acceptors (Lipinski definition) is 5. The average Bonchev–Trinajstić information content (AvgIpc) is 2.61. The molecule has 0 aromatic carbocycles. The fourth-order valence-corrected chi connectivity index (χ4v) is 3.53. The number of carbonyl (C=O) groups excluding carboxylic acids is 2. The summed E-state index contributed by atoms with van der Waals surface area (Å²) in [7, 11) is 1.39. The lowest BCUT2D eigenvalue weighted by atomic mass is 9.71. The number of methoxy groups -OCH3 is 1. The molecule has 0 bridgehead atoms. The highest BCUT2D eigenvalue weighted by Crippen LogP contribution is 2.37. The monoisotopic (exact) mass is 377 g/mol. The van der Waals surface area contributed by atoms with E-state index in [1.54, 1.807) is 6.92 Å². The van der Waals surface area contributed by atoms with Gasteiger partial charge in [0.15, 0.2) is 17.2 Å². The molecule has 7 heteroatoms. The zero-order valence-electron chi connectivity index (χ0n) is 16.8. The predicted octanol–water partition coefficient (Wildman–Crippen LogP) is 2.64. The molecule has 1 aromatic heterocycles. The van der Waals surface area contributed by atoms with E-state index in [0.717, 1.165) is 25.7 Å². The molecule has 1 aliphatic carbocycles. The molecule has 0 spiro atoms. The third kappa shape index (κ3) is 5.34. The average molecular weight is 377 g/mol. The van der Waals surface area contributed by atoms with Gasteiger partial charge in [-0.3, -0.25) is 9.59 Å². The van der Waals surface area contributed by atoms with E-state index < -0.39 is 11.9 Å². The highest BCUT2D eigenvalue weighted by Gasteiger charge is 2.31. The van der Waals surface area contributed by atoms with Crippen LogP contribution in [0, 0.1) is 11.3 Å². The van der Waals surface area contributed by atoms with Crippen molar-refractivity contribution in [1.82, 2.24) is 15.6 Å². The maximum absolute atomic E-state index is 12.4. The summed E-state index contributed by atoms with van der Waals surface area (Å²) in [4.78, 5) is 28.6. The van der Waals surface area contributed by atoms with Gasteiger partial charge in [0.1, 0.15) is 6.04 Å². The van der Waals surface area contributed by atoms with E-state index in [2.05, 4.69) is 36.4 Å². The van der Waals surface area contributed by atoms with E-state index in [9.17, 15) is 14.7 Å². The third-order valence-corrected chi connectivity index (χ3v) is 5.36. The van der Waals surface area contributed by atoms with Crippen molar-refractivity contribution in [3.8, 4) is 11.5 Å². The minimum absolute atomic E-state index is 0.138. The van der Waals surface area contributed by atoms with Gasteiger partial charge in [0, 0.05) is 18.3 Å². The second kappa shape index (κ2) is 8.59. The van der Waals surface area contributed by atoms with Crippen molar-refractivity contribution in [3.05, 3.63) is 18.0 Å². The van der Waals surface area contributed by atoms with Crippen LogP contribution in [0.5, 0.6) is 11.5 Å². The Balaban J connectivity index is 1.88. The molecule has 0 saturated heterocycles. The number of nitrogens with one attached hydrogen (secondary N) is 2. The van der Waals surface area contributed by atoms with Crippen molar-refractivity contribution in [2.75, 3.05) is 7.11 Å². The second-order valence-corrected chi connectivity index (χ2v) is 8.33. The van der Waals surface area contributed by atoms with Crippen LogP contribution < -0.4 is 15.4 Å². The fraction of sp³-hybridized carbons (Fsp3) is 0.650. The molecule has 27 heavy (non-hydrogen) atoms. The van der Waals surface area contributed by atoms with E-state index in [4.69, 9.17) is 4.74 Å². The molecule has 1 atom stereocenters. The van der Waals surface area contributed by atoms with E-state index in [1.165, 1.54) is 19.4 Å². The van der Waals surface area contributed by atoms with Crippen LogP contribution in [0.2, 0.25) is 0 Å². The van der Waals surface area contributed by atoms with Crippen molar-refractivity contribution in [1.29, 1.82) is 0 Å². The minimum Gasteiger partial charge on any atom is -0.503 e. The van der Waals surface area contributed by atoms with Crippen LogP contribution in [0.25, 0.3) is 0 Å². The summed E-state index contributed by atoms with van der Waals surface area (Å²) >= 11 is 0. The Morgan fingerprint density at radius 2 is 1.89 bits per heavy atom. The van der Waals surface area contributed by atoms with Gasteiger partial charge in [-0.15, -0.1) is 0 Å². The number of pyridine rings is 1. The molecule has 1 aromatic rings. The predicted molar refractivity (Wildman–Crippen MR) is 103 cm³/mol. The van der Waals surface area contributed by atoms with E-state index in [1.807, 2.05) is 0 Å². The van der Waals surface area contributed by atoms with Crippen LogP contribution in [0.4, 0.5) is 0 Å². The summed E-state index contributed by atoms with van der Waals surface area (Å²) in [6.07, 6.45) is 5.46. The van der Waals surface area contributed by atoms with Crippen molar-refractivity contribution in [2.24, 2.45) is 11.3 Å². The molecule has 150 valence electrons. The Morgan fingerprint density at radius 1 is 1.26 bits per heavy atom. The first-order valence-electron chi connectivity index (χ1n) is 9.46. The van der Waals surface area contributed by atoms with Crippen LogP contribution in [0.3, 0.4) is 0 Å². The van der Waals surface area contributed by atoms with Gasteiger partial charge in [0.2, 0.25) is 5.91 Å². The summed E-state index contributed by atoms with van der Waals surface area (Å²) in [5.41, 5.74) is 0.127. The normalized spacial score (nSPS) is 21.2. The molecule has 0 aliphatic heterocycles. The number of carbonyl (C=O) groups is 2. The lowest BCUT2D eigenvalue weighted by molar-refractivity contribution is -0.123. The van der Waals surface area contributed by atoms with Gasteiger partial charge in [-0.25, -0.2) is 4.98 Å². The van der Waals surface area contributed by atoms with Gasteiger partial charge in [-0.2, -0.15) is 0 Å². The Bertz CT molecular complexity index is 676. The number of aromatic hydroxyl groups is 1. The Hall–Kier alpha value is -2.31. The topological polar surface area (TPSA) is 101 Å². The molecule has 2 amide bonds. The molecule has 1 aliphatic rings. The van der Waals surface area contributed by atoms with Crippen LogP contribution in [-0.4, -0.2) is 41.1 Å². The van der Waals surface area contributed by atoms with E-state index in [0.29, 0.717) is 11.3 Å². The lowest BCUT2D eigenvalue weighted by Gasteiger charge is -2.37. The molecule has 1 heterocycles.